The molecule has 33 heavy (non-hydrogen) atoms. The lowest BCUT2D eigenvalue weighted by atomic mass is 10.1. The first-order valence-corrected chi connectivity index (χ1v) is 12.9. The fourth-order valence-corrected chi connectivity index (χ4v) is 5.14. The second-order valence-electron chi connectivity index (χ2n) is 7.57. The average Bonchev–Trinajstić information content (AvgIpc) is 3.31. The summed E-state index contributed by atoms with van der Waals surface area (Å²) in [5, 5.41) is 9.59. The van der Waals surface area contributed by atoms with Crippen LogP contribution in [0.1, 0.15) is 11.1 Å². The molecular formula is C23H24N4O4S2. The van der Waals surface area contributed by atoms with Gasteiger partial charge in [-0.2, -0.15) is 4.31 Å². The molecule has 0 saturated carbocycles. The quantitative estimate of drug-likeness (QED) is 0.475. The van der Waals surface area contributed by atoms with Crippen molar-refractivity contribution in [3.8, 4) is 11.5 Å². The van der Waals surface area contributed by atoms with Crippen LogP contribution in [0.25, 0.3) is 17.5 Å². The lowest BCUT2D eigenvalue weighted by molar-refractivity contribution is -0.129. The Kier molecular flexibility index (Phi) is 7.26. The Morgan fingerprint density at radius 2 is 1.73 bits per heavy atom. The molecule has 172 valence electrons. The highest BCUT2D eigenvalue weighted by Crippen LogP contribution is 2.24. The molecule has 4 rings (SSSR count). The minimum Gasteiger partial charge on any atom is -0.411 e. The van der Waals surface area contributed by atoms with E-state index in [1.165, 1.54) is 21.5 Å². The number of aryl methyl sites for hydroxylation is 1. The first-order valence-electron chi connectivity index (χ1n) is 10.5. The van der Waals surface area contributed by atoms with E-state index in [2.05, 4.69) is 10.2 Å². The fourth-order valence-electron chi connectivity index (χ4n) is 3.30. The van der Waals surface area contributed by atoms with E-state index in [9.17, 15) is 13.2 Å². The van der Waals surface area contributed by atoms with Crippen molar-refractivity contribution in [2.24, 2.45) is 0 Å². The summed E-state index contributed by atoms with van der Waals surface area (Å²) in [4.78, 5) is 14.2. The van der Waals surface area contributed by atoms with Gasteiger partial charge in [-0.1, -0.05) is 59.8 Å². The van der Waals surface area contributed by atoms with E-state index in [0.29, 0.717) is 24.2 Å². The number of benzene rings is 2. The second kappa shape index (κ2) is 10.3. The summed E-state index contributed by atoms with van der Waals surface area (Å²) in [7, 11) is -3.54. The summed E-state index contributed by atoms with van der Waals surface area (Å²) >= 11 is 1.18. The molecule has 10 heteroatoms. The summed E-state index contributed by atoms with van der Waals surface area (Å²) in [5.41, 5.74) is 2.78. The summed E-state index contributed by atoms with van der Waals surface area (Å²) in [6.07, 6.45) is 1.58. The van der Waals surface area contributed by atoms with Gasteiger partial charge in [-0.05, 0) is 30.7 Å². The van der Waals surface area contributed by atoms with Gasteiger partial charge in [-0.25, -0.2) is 8.42 Å². The van der Waals surface area contributed by atoms with Crippen molar-refractivity contribution >= 4 is 33.8 Å². The number of sulfonamides is 1. The zero-order chi connectivity index (χ0) is 23.3. The third kappa shape index (κ3) is 6.10. The maximum atomic E-state index is 12.6. The SMILES string of the molecule is Cc1ccc(-c2nnc(SCC(=O)N3CCN(S(=O)(=O)/C=C/c4ccccc4)CC3)o2)cc1. The van der Waals surface area contributed by atoms with Gasteiger partial charge in [0.25, 0.3) is 5.22 Å². The van der Waals surface area contributed by atoms with Crippen LogP contribution in [0.2, 0.25) is 0 Å². The van der Waals surface area contributed by atoms with Crippen LogP contribution < -0.4 is 0 Å². The Hall–Kier alpha value is -2.95. The van der Waals surface area contributed by atoms with Gasteiger partial charge in [0.1, 0.15) is 0 Å². The zero-order valence-electron chi connectivity index (χ0n) is 18.1. The smallest absolute Gasteiger partial charge is 0.277 e. The number of carbonyl (C=O) groups excluding carboxylic acids is 1. The zero-order valence-corrected chi connectivity index (χ0v) is 19.8. The van der Waals surface area contributed by atoms with Crippen LogP contribution in [-0.4, -0.2) is 65.7 Å². The van der Waals surface area contributed by atoms with Gasteiger partial charge in [-0.15, -0.1) is 10.2 Å². The molecule has 1 aliphatic rings. The highest BCUT2D eigenvalue weighted by Gasteiger charge is 2.27. The number of amides is 1. The molecule has 2 aromatic carbocycles. The number of carbonyl (C=O) groups is 1. The van der Waals surface area contributed by atoms with E-state index in [0.717, 1.165) is 16.7 Å². The largest absolute Gasteiger partial charge is 0.411 e. The maximum Gasteiger partial charge on any atom is 0.277 e. The monoisotopic (exact) mass is 484 g/mol. The normalized spacial score (nSPS) is 15.2. The first kappa shape index (κ1) is 23.2. The van der Waals surface area contributed by atoms with E-state index in [-0.39, 0.29) is 24.7 Å². The number of nitrogens with zero attached hydrogens (tertiary/aromatic N) is 4. The Morgan fingerprint density at radius 1 is 1.03 bits per heavy atom. The molecule has 0 unspecified atom stereocenters. The molecule has 3 aromatic rings. The lowest BCUT2D eigenvalue weighted by Gasteiger charge is -2.33. The van der Waals surface area contributed by atoms with Gasteiger partial charge in [0.05, 0.1) is 5.75 Å². The summed E-state index contributed by atoms with van der Waals surface area (Å²) < 4.78 is 32.2. The highest BCUT2D eigenvalue weighted by molar-refractivity contribution is 7.99. The molecule has 1 saturated heterocycles. The van der Waals surface area contributed by atoms with Crippen molar-refractivity contribution in [2.45, 2.75) is 12.1 Å². The van der Waals surface area contributed by atoms with Gasteiger partial charge >= 0.3 is 0 Å². The minimum absolute atomic E-state index is 0.0908. The van der Waals surface area contributed by atoms with Crippen LogP contribution in [0, 0.1) is 6.92 Å². The van der Waals surface area contributed by atoms with Crippen molar-refractivity contribution in [2.75, 3.05) is 31.9 Å². The van der Waals surface area contributed by atoms with Crippen molar-refractivity contribution in [3.05, 3.63) is 71.1 Å². The van der Waals surface area contributed by atoms with Crippen LogP contribution in [0.4, 0.5) is 0 Å². The molecule has 8 nitrogen and oxygen atoms in total. The highest BCUT2D eigenvalue weighted by atomic mass is 32.2. The molecule has 2 heterocycles. The van der Waals surface area contributed by atoms with E-state index < -0.39 is 10.0 Å². The second-order valence-corrected chi connectivity index (χ2v) is 10.3. The number of rotatable bonds is 7. The Morgan fingerprint density at radius 3 is 2.42 bits per heavy atom. The van der Waals surface area contributed by atoms with Crippen molar-refractivity contribution in [3.63, 3.8) is 0 Å². The maximum absolute atomic E-state index is 12.6. The minimum atomic E-state index is -3.54. The molecule has 1 amide bonds. The van der Waals surface area contributed by atoms with Gasteiger partial charge in [0, 0.05) is 37.2 Å². The summed E-state index contributed by atoms with van der Waals surface area (Å²) in [6, 6.07) is 17.0. The Balaban J connectivity index is 1.26. The average molecular weight is 485 g/mol. The number of hydrogen-bond donors (Lipinski definition) is 0. The van der Waals surface area contributed by atoms with Crippen molar-refractivity contribution in [1.29, 1.82) is 0 Å². The van der Waals surface area contributed by atoms with Crippen LogP contribution in [0.5, 0.6) is 0 Å². The fraction of sp³-hybridized carbons (Fsp3) is 0.261. The standard InChI is InChI=1S/C23H24N4O4S2/c1-18-7-9-20(10-8-18)22-24-25-23(31-22)32-17-21(28)26-12-14-27(15-13-26)33(29,30)16-11-19-5-3-2-4-6-19/h2-11,16H,12-15,17H2,1H3/b16-11+. The van der Waals surface area contributed by atoms with E-state index in [4.69, 9.17) is 4.42 Å². The van der Waals surface area contributed by atoms with E-state index >= 15 is 0 Å². The first-order chi connectivity index (χ1) is 15.9. The predicted octanol–water partition coefficient (Wildman–Crippen LogP) is 3.28. The van der Waals surface area contributed by atoms with Crippen molar-refractivity contribution < 1.29 is 17.6 Å². The van der Waals surface area contributed by atoms with Gasteiger partial charge in [0.15, 0.2) is 0 Å². The number of piperazine rings is 1. The van der Waals surface area contributed by atoms with Crippen LogP contribution in [0.15, 0.2) is 69.6 Å². The molecule has 0 spiro atoms. The molecular weight excluding hydrogens is 460 g/mol. The summed E-state index contributed by atoms with van der Waals surface area (Å²) in [6.45, 7) is 3.21. The van der Waals surface area contributed by atoms with Crippen molar-refractivity contribution in [1.82, 2.24) is 19.4 Å². The van der Waals surface area contributed by atoms with Crippen LogP contribution in [-0.2, 0) is 14.8 Å². The Bertz CT molecular complexity index is 1220. The Labute approximate surface area is 197 Å². The molecule has 0 bridgehead atoms. The van der Waals surface area contributed by atoms with E-state index in [1.807, 2.05) is 61.5 Å². The van der Waals surface area contributed by atoms with Gasteiger partial charge in [-0.3, -0.25) is 4.79 Å². The molecule has 0 N–H and O–H groups in total. The molecule has 1 aromatic heterocycles. The van der Waals surface area contributed by atoms with Gasteiger partial charge < -0.3 is 9.32 Å². The topological polar surface area (TPSA) is 96.6 Å². The predicted molar refractivity (Wildman–Crippen MR) is 128 cm³/mol. The molecule has 1 aliphatic heterocycles. The molecule has 0 atom stereocenters. The summed E-state index contributed by atoms with van der Waals surface area (Å²) in [5.74, 6) is 0.468. The lowest BCUT2D eigenvalue weighted by Crippen LogP contribution is -2.50. The third-order valence-corrected chi connectivity index (χ3v) is 7.58. The van der Waals surface area contributed by atoms with Crippen LogP contribution in [0.3, 0.4) is 0 Å². The third-order valence-electron chi connectivity index (χ3n) is 5.21. The van der Waals surface area contributed by atoms with E-state index in [1.54, 1.807) is 11.0 Å². The van der Waals surface area contributed by atoms with Crippen LogP contribution >= 0.6 is 11.8 Å². The molecule has 0 aliphatic carbocycles. The molecule has 0 radical (unpaired) electrons. The number of thioether (sulfide) groups is 1. The molecule has 1 fully saturated rings. The number of hydrogen-bond acceptors (Lipinski definition) is 7. The van der Waals surface area contributed by atoms with Gasteiger partial charge in [0.2, 0.25) is 21.8 Å². The number of aromatic nitrogens is 2.